The molecule has 0 aromatic rings. The Labute approximate surface area is 70.8 Å². The van der Waals surface area contributed by atoms with Gasteiger partial charge in [0.1, 0.15) is 0 Å². The van der Waals surface area contributed by atoms with Crippen LogP contribution in [0.1, 0.15) is 6.92 Å². The highest BCUT2D eigenvalue weighted by atomic mass is 16.6. The predicted octanol–water partition coefficient (Wildman–Crippen LogP) is -1.98. The summed E-state index contributed by atoms with van der Waals surface area (Å²) in [6.45, 7) is 1.50. The van der Waals surface area contributed by atoms with Gasteiger partial charge in [-0.05, 0) is 0 Å². The van der Waals surface area contributed by atoms with E-state index in [1.54, 1.807) is 6.92 Å². The maximum atomic E-state index is 9.44. The maximum absolute atomic E-state index is 9.44. The van der Waals surface area contributed by atoms with E-state index in [9.17, 15) is 5.11 Å². The van der Waals surface area contributed by atoms with Gasteiger partial charge in [-0.2, -0.15) is 0 Å². The zero-order chi connectivity index (χ0) is 9.30. The van der Waals surface area contributed by atoms with Gasteiger partial charge in [0.15, 0.2) is 6.29 Å². The first-order chi connectivity index (χ1) is 5.57. The highest BCUT2D eigenvalue weighted by Crippen LogP contribution is 2.23. The molecule has 0 amide bonds. The molecule has 0 aliphatic carbocycles. The van der Waals surface area contributed by atoms with Gasteiger partial charge in [-0.3, -0.25) is 0 Å². The molecule has 0 spiro atoms. The van der Waals surface area contributed by atoms with Crippen LogP contribution in [0.25, 0.3) is 0 Å². The van der Waals surface area contributed by atoms with Crippen LogP contribution < -0.4 is 5.73 Å². The molecule has 1 fully saturated rings. The third-order valence-corrected chi connectivity index (χ3v) is 2.34. The van der Waals surface area contributed by atoms with Crippen molar-refractivity contribution in [2.24, 2.45) is 11.7 Å². The minimum Gasteiger partial charge on any atom is -0.394 e. The zero-order valence-electron chi connectivity index (χ0n) is 6.92. The summed E-state index contributed by atoms with van der Waals surface area (Å²) >= 11 is 0. The van der Waals surface area contributed by atoms with E-state index in [2.05, 4.69) is 0 Å². The van der Waals surface area contributed by atoms with Crippen LogP contribution in [0.15, 0.2) is 0 Å². The van der Waals surface area contributed by atoms with Gasteiger partial charge < -0.3 is 25.8 Å². The number of rotatable bonds is 1. The quantitative estimate of drug-likeness (QED) is 0.372. The maximum Gasteiger partial charge on any atom is 0.172 e. The first-order valence-electron chi connectivity index (χ1n) is 3.96. The molecule has 5 N–H and O–H groups in total. The van der Waals surface area contributed by atoms with Gasteiger partial charge in [-0.25, -0.2) is 0 Å². The Morgan fingerprint density at radius 3 is 2.50 bits per heavy atom. The standard InChI is InChI=1S/C7H15NO4/c1-3-4(2-9)12-7(11)5(8)6(3)10/h3-7,9-11H,2,8H2,1H3/t3-,4+,5-,6-,7+/m0/s1. The molecule has 1 aliphatic heterocycles. The SMILES string of the molecule is C[C@@H]1[C@H](O)[C@H](N)[C@H](O)O[C@@H]1CO. The molecule has 5 heteroatoms. The van der Waals surface area contributed by atoms with Gasteiger partial charge in [0, 0.05) is 5.92 Å². The molecule has 1 saturated heterocycles. The van der Waals surface area contributed by atoms with Crippen LogP contribution in [-0.4, -0.2) is 46.5 Å². The van der Waals surface area contributed by atoms with Crippen molar-refractivity contribution in [2.45, 2.75) is 31.5 Å². The summed E-state index contributed by atoms with van der Waals surface area (Å²) in [7, 11) is 0. The number of aliphatic hydroxyl groups is 3. The average Bonchev–Trinajstić information content (AvgIpc) is 2.08. The third-order valence-electron chi connectivity index (χ3n) is 2.34. The van der Waals surface area contributed by atoms with Crippen LogP contribution >= 0.6 is 0 Å². The van der Waals surface area contributed by atoms with Gasteiger partial charge in [0.2, 0.25) is 0 Å². The molecule has 1 heterocycles. The summed E-state index contributed by atoms with van der Waals surface area (Å²) in [5, 5.41) is 27.4. The molecule has 12 heavy (non-hydrogen) atoms. The van der Waals surface area contributed by atoms with Crippen molar-refractivity contribution >= 4 is 0 Å². The zero-order valence-corrected chi connectivity index (χ0v) is 6.92. The fraction of sp³-hybridized carbons (Fsp3) is 1.00. The first kappa shape index (κ1) is 9.88. The molecule has 0 aromatic heterocycles. The summed E-state index contributed by atoms with van der Waals surface area (Å²) < 4.78 is 4.95. The van der Waals surface area contributed by atoms with E-state index in [4.69, 9.17) is 20.7 Å². The fourth-order valence-corrected chi connectivity index (χ4v) is 1.34. The average molecular weight is 177 g/mol. The summed E-state index contributed by atoms with van der Waals surface area (Å²) in [6.07, 6.45) is -2.55. The van der Waals surface area contributed by atoms with E-state index in [1.807, 2.05) is 0 Å². The van der Waals surface area contributed by atoms with Crippen molar-refractivity contribution in [2.75, 3.05) is 6.61 Å². The molecule has 0 bridgehead atoms. The van der Waals surface area contributed by atoms with Crippen molar-refractivity contribution in [3.63, 3.8) is 0 Å². The lowest BCUT2D eigenvalue weighted by Gasteiger charge is -2.39. The minimum atomic E-state index is -1.19. The van der Waals surface area contributed by atoms with Gasteiger partial charge in [0.05, 0.1) is 24.9 Å². The summed E-state index contributed by atoms with van der Waals surface area (Å²) in [5.74, 6) is -0.256. The number of hydrogen-bond acceptors (Lipinski definition) is 5. The van der Waals surface area contributed by atoms with Gasteiger partial charge >= 0.3 is 0 Å². The predicted molar refractivity (Wildman–Crippen MR) is 41.1 cm³/mol. The minimum absolute atomic E-state index is 0.220. The number of aliphatic hydroxyl groups excluding tert-OH is 3. The molecule has 0 saturated carbocycles. The van der Waals surface area contributed by atoms with Gasteiger partial charge in [-0.15, -0.1) is 0 Å². The Morgan fingerprint density at radius 2 is 2.00 bits per heavy atom. The lowest BCUT2D eigenvalue weighted by atomic mass is 9.90. The third kappa shape index (κ3) is 1.60. The highest BCUT2D eigenvalue weighted by molar-refractivity contribution is 4.88. The van der Waals surface area contributed by atoms with Crippen LogP contribution in [-0.2, 0) is 4.74 Å². The van der Waals surface area contributed by atoms with Crippen molar-refractivity contribution in [3.05, 3.63) is 0 Å². The van der Waals surface area contributed by atoms with Crippen LogP contribution in [0, 0.1) is 5.92 Å². The summed E-state index contributed by atoms with van der Waals surface area (Å²) in [5.41, 5.74) is 5.42. The Kier molecular flexibility index (Phi) is 3.03. The summed E-state index contributed by atoms with van der Waals surface area (Å²) in [6, 6.07) is -0.789. The van der Waals surface area contributed by atoms with Crippen LogP contribution in [0.2, 0.25) is 0 Å². The highest BCUT2D eigenvalue weighted by Gasteiger charge is 2.39. The van der Waals surface area contributed by atoms with Crippen molar-refractivity contribution in [1.29, 1.82) is 0 Å². The Bertz CT molecular complexity index is 150. The summed E-state index contributed by atoms with van der Waals surface area (Å²) in [4.78, 5) is 0. The normalized spacial score (nSPS) is 49.2. The smallest absolute Gasteiger partial charge is 0.172 e. The lowest BCUT2D eigenvalue weighted by Crippen LogP contribution is -2.58. The molecule has 1 rings (SSSR count). The molecular formula is C7H15NO4. The van der Waals surface area contributed by atoms with Crippen molar-refractivity contribution in [3.8, 4) is 0 Å². The van der Waals surface area contributed by atoms with Gasteiger partial charge in [0.25, 0.3) is 0 Å². The molecule has 5 nitrogen and oxygen atoms in total. The van der Waals surface area contributed by atoms with E-state index in [-0.39, 0.29) is 12.5 Å². The second-order valence-corrected chi connectivity index (χ2v) is 3.17. The molecule has 0 radical (unpaired) electrons. The molecule has 1 aliphatic rings. The van der Waals surface area contributed by atoms with Gasteiger partial charge in [-0.1, -0.05) is 6.92 Å². The topological polar surface area (TPSA) is 95.9 Å². The number of hydrogen-bond donors (Lipinski definition) is 4. The Hall–Kier alpha value is -0.200. The van der Waals surface area contributed by atoms with Crippen LogP contribution in [0.3, 0.4) is 0 Å². The molecule has 72 valence electrons. The molecule has 0 aromatic carbocycles. The van der Waals surface area contributed by atoms with E-state index >= 15 is 0 Å². The second kappa shape index (κ2) is 3.68. The van der Waals surface area contributed by atoms with Crippen molar-refractivity contribution < 1.29 is 20.1 Å². The molecular weight excluding hydrogens is 162 g/mol. The van der Waals surface area contributed by atoms with Crippen molar-refractivity contribution in [1.82, 2.24) is 0 Å². The first-order valence-corrected chi connectivity index (χ1v) is 3.96. The van der Waals surface area contributed by atoms with E-state index in [0.717, 1.165) is 0 Å². The van der Waals surface area contributed by atoms with Crippen LogP contribution in [0.5, 0.6) is 0 Å². The Balaban J connectivity index is 2.63. The van der Waals surface area contributed by atoms with E-state index in [1.165, 1.54) is 0 Å². The Morgan fingerprint density at radius 1 is 1.42 bits per heavy atom. The molecule has 5 atom stereocenters. The second-order valence-electron chi connectivity index (χ2n) is 3.17. The lowest BCUT2D eigenvalue weighted by molar-refractivity contribution is -0.229. The largest absolute Gasteiger partial charge is 0.394 e. The number of ether oxygens (including phenoxy) is 1. The molecule has 0 unspecified atom stereocenters. The fourth-order valence-electron chi connectivity index (χ4n) is 1.34. The monoisotopic (exact) mass is 177 g/mol. The van der Waals surface area contributed by atoms with E-state index < -0.39 is 24.5 Å². The van der Waals surface area contributed by atoms with E-state index in [0.29, 0.717) is 0 Å². The van der Waals surface area contributed by atoms with Crippen LogP contribution in [0.4, 0.5) is 0 Å². The number of nitrogens with two attached hydrogens (primary N) is 1.